The molecule has 12 rings (SSSR count). The number of hydrogen-bond acceptors (Lipinski definition) is 3. The standard InChI is InChI=1S/C51H34N2O/c1-3-14-41-37(11-1)38-12-2-4-15-42(38)50-49(41)52-29-45(53-50)31-21-19-30(20-22-31)32-9-7-10-33(27-32)36-25-26-40(48-35-24-23-34(28-35)47(36)48)44-17-8-16-43-39-13-5-6-18-46(39)54-51(43)44/h1-22,25-27,29,34-35H,23-24,28H2. The molecule has 0 N–H and O–H groups in total. The van der Waals surface area contributed by atoms with Gasteiger partial charge in [-0.1, -0.05) is 140 Å². The summed E-state index contributed by atoms with van der Waals surface area (Å²) >= 11 is 0. The second-order valence-corrected chi connectivity index (χ2v) is 15.2. The zero-order valence-electron chi connectivity index (χ0n) is 29.6. The average Bonchev–Trinajstić information content (AvgIpc) is 3.98. The second kappa shape index (κ2) is 11.5. The molecule has 2 aromatic heterocycles. The van der Waals surface area contributed by atoms with Gasteiger partial charge in [-0.2, -0.15) is 0 Å². The first-order valence-corrected chi connectivity index (χ1v) is 19.1. The number of aromatic nitrogens is 2. The van der Waals surface area contributed by atoms with Crippen LogP contribution in [0.2, 0.25) is 0 Å². The van der Waals surface area contributed by atoms with E-state index in [0.717, 1.165) is 44.2 Å². The summed E-state index contributed by atoms with van der Waals surface area (Å²) in [6, 6.07) is 54.8. The smallest absolute Gasteiger partial charge is 0.143 e. The van der Waals surface area contributed by atoms with Crippen LogP contribution in [-0.2, 0) is 0 Å². The van der Waals surface area contributed by atoms with Gasteiger partial charge < -0.3 is 4.42 Å². The zero-order chi connectivity index (χ0) is 35.3. The van der Waals surface area contributed by atoms with Gasteiger partial charge >= 0.3 is 0 Å². The van der Waals surface area contributed by atoms with Crippen LogP contribution in [0.3, 0.4) is 0 Å². The van der Waals surface area contributed by atoms with Gasteiger partial charge in [0.25, 0.3) is 0 Å². The molecule has 10 aromatic rings. The molecule has 0 amide bonds. The van der Waals surface area contributed by atoms with Gasteiger partial charge in [-0.25, -0.2) is 4.98 Å². The van der Waals surface area contributed by atoms with Crippen molar-refractivity contribution in [3.05, 3.63) is 169 Å². The predicted molar refractivity (Wildman–Crippen MR) is 223 cm³/mol. The summed E-state index contributed by atoms with van der Waals surface area (Å²) in [4.78, 5) is 10.2. The Morgan fingerprint density at radius 1 is 0.444 bits per heavy atom. The number of nitrogens with zero attached hydrogens (tertiary/aromatic N) is 2. The largest absolute Gasteiger partial charge is 0.455 e. The monoisotopic (exact) mass is 690 g/mol. The Morgan fingerprint density at radius 2 is 1.06 bits per heavy atom. The van der Waals surface area contributed by atoms with Crippen LogP contribution < -0.4 is 0 Å². The van der Waals surface area contributed by atoms with Crippen LogP contribution >= 0.6 is 0 Å². The number of benzene rings is 8. The summed E-state index contributed by atoms with van der Waals surface area (Å²) < 4.78 is 6.54. The van der Waals surface area contributed by atoms with Crippen molar-refractivity contribution >= 4 is 54.5 Å². The Morgan fingerprint density at radius 3 is 1.85 bits per heavy atom. The lowest BCUT2D eigenvalue weighted by Crippen LogP contribution is -2.03. The Kier molecular flexibility index (Phi) is 6.35. The third-order valence-electron chi connectivity index (χ3n) is 12.3. The average molecular weight is 691 g/mol. The van der Waals surface area contributed by atoms with E-state index in [1.165, 1.54) is 74.2 Å². The van der Waals surface area contributed by atoms with Crippen LogP contribution in [0.5, 0.6) is 0 Å². The molecule has 0 saturated heterocycles. The molecule has 3 heteroatoms. The van der Waals surface area contributed by atoms with E-state index in [1.54, 1.807) is 11.1 Å². The minimum atomic E-state index is 0.602. The van der Waals surface area contributed by atoms with Gasteiger partial charge in [0.2, 0.25) is 0 Å². The Hall–Kier alpha value is -6.58. The molecule has 2 unspecified atom stereocenters. The van der Waals surface area contributed by atoms with E-state index in [-0.39, 0.29) is 0 Å². The van der Waals surface area contributed by atoms with Crippen LogP contribution in [0.1, 0.15) is 42.2 Å². The van der Waals surface area contributed by atoms with Crippen LogP contribution in [0.4, 0.5) is 0 Å². The summed E-state index contributed by atoms with van der Waals surface area (Å²) in [7, 11) is 0. The Labute approximate surface area is 312 Å². The van der Waals surface area contributed by atoms with E-state index in [4.69, 9.17) is 14.4 Å². The molecule has 0 aliphatic heterocycles. The van der Waals surface area contributed by atoms with Gasteiger partial charge in [-0.3, -0.25) is 4.98 Å². The quantitative estimate of drug-likeness (QED) is 0.173. The summed E-state index contributed by atoms with van der Waals surface area (Å²) in [6.07, 6.45) is 5.71. The van der Waals surface area contributed by atoms with E-state index in [0.29, 0.717) is 11.8 Å². The molecule has 3 nitrogen and oxygen atoms in total. The fraction of sp³-hybridized carbons (Fsp3) is 0.0980. The van der Waals surface area contributed by atoms with Crippen molar-refractivity contribution < 1.29 is 4.42 Å². The van der Waals surface area contributed by atoms with Crippen molar-refractivity contribution in [3.8, 4) is 44.6 Å². The van der Waals surface area contributed by atoms with Crippen molar-refractivity contribution in [1.82, 2.24) is 9.97 Å². The highest BCUT2D eigenvalue weighted by Crippen LogP contribution is 2.59. The summed E-state index contributed by atoms with van der Waals surface area (Å²) in [6.45, 7) is 0. The number of rotatable bonds is 4. The normalized spacial score (nSPS) is 16.3. The molecule has 2 bridgehead atoms. The first kappa shape index (κ1) is 29.9. The molecule has 54 heavy (non-hydrogen) atoms. The number of para-hydroxylation sites is 2. The third-order valence-corrected chi connectivity index (χ3v) is 12.3. The van der Waals surface area contributed by atoms with Crippen molar-refractivity contribution in [3.63, 3.8) is 0 Å². The molecule has 2 aliphatic rings. The lowest BCUT2D eigenvalue weighted by molar-refractivity contribution is 0.669. The lowest BCUT2D eigenvalue weighted by atomic mass is 9.81. The first-order valence-electron chi connectivity index (χ1n) is 19.1. The molecule has 2 heterocycles. The molecule has 254 valence electrons. The summed E-state index contributed by atoms with van der Waals surface area (Å²) in [5, 5.41) is 7.06. The van der Waals surface area contributed by atoms with Gasteiger partial charge in [-0.05, 0) is 92.9 Å². The third kappa shape index (κ3) is 4.36. The highest BCUT2D eigenvalue weighted by atomic mass is 16.3. The van der Waals surface area contributed by atoms with Crippen molar-refractivity contribution in [1.29, 1.82) is 0 Å². The topological polar surface area (TPSA) is 38.9 Å². The molecule has 2 aliphatic carbocycles. The van der Waals surface area contributed by atoms with Crippen LogP contribution in [-0.4, -0.2) is 9.97 Å². The maximum Gasteiger partial charge on any atom is 0.143 e. The van der Waals surface area contributed by atoms with Crippen molar-refractivity contribution in [2.45, 2.75) is 31.1 Å². The van der Waals surface area contributed by atoms with E-state index >= 15 is 0 Å². The van der Waals surface area contributed by atoms with Crippen LogP contribution in [0, 0.1) is 0 Å². The fourth-order valence-electron chi connectivity index (χ4n) is 9.93. The zero-order valence-corrected chi connectivity index (χ0v) is 29.6. The lowest BCUT2D eigenvalue weighted by Gasteiger charge is -2.23. The fourth-order valence-corrected chi connectivity index (χ4v) is 9.93. The maximum absolute atomic E-state index is 6.54. The van der Waals surface area contributed by atoms with Crippen molar-refractivity contribution in [2.75, 3.05) is 0 Å². The predicted octanol–water partition coefficient (Wildman–Crippen LogP) is 13.9. The SMILES string of the molecule is c1cc(-c2ccc(-c3cnc4c5ccccc5c5ccccc5c4n3)cc2)cc(-c2ccc(-c3cccc4c3oc3ccccc34)c3c2C2CCC3C2)c1. The molecule has 8 aromatic carbocycles. The molecule has 0 radical (unpaired) electrons. The van der Waals surface area contributed by atoms with Crippen LogP contribution in [0.15, 0.2) is 162 Å². The van der Waals surface area contributed by atoms with Gasteiger partial charge in [-0.15, -0.1) is 0 Å². The molecular weight excluding hydrogens is 657 g/mol. The van der Waals surface area contributed by atoms with Gasteiger partial charge in [0.15, 0.2) is 0 Å². The van der Waals surface area contributed by atoms with Gasteiger partial charge in [0, 0.05) is 32.7 Å². The number of hydrogen-bond donors (Lipinski definition) is 0. The van der Waals surface area contributed by atoms with E-state index < -0.39 is 0 Å². The molecule has 2 atom stereocenters. The first-order chi connectivity index (χ1) is 26.8. The minimum absolute atomic E-state index is 0.602. The van der Waals surface area contributed by atoms with Gasteiger partial charge in [0.05, 0.1) is 22.9 Å². The maximum atomic E-state index is 6.54. The molecule has 1 fully saturated rings. The number of furan rings is 1. The van der Waals surface area contributed by atoms with E-state index in [2.05, 4.69) is 152 Å². The molecule has 0 spiro atoms. The van der Waals surface area contributed by atoms with Gasteiger partial charge in [0.1, 0.15) is 11.2 Å². The van der Waals surface area contributed by atoms with Crippen LogP contribution in [0.25, 0.3) is 99.2 Å². The summed E-state index contributed by atoms with van der Waals surface area (Å²) in [5.41, 5.74) is 16.5. The van der Waals surface area contributed by atoms with E-state index in [9.17, 15) is 0 Å². The second-order valence-electron chi connectivity index (χ2n) is 15.2. The highest BCUT2D eigenvalue weighted by Gasteiger charge is 2.40. The highest BCUT2D eigenvalue weighted by molar-refractivity contribution is 6.23. The number of fused-ring (bicyclic) bond motifs is 14. The van der Waals surface area contributed by atoms with Crippen molar-refractivity contribution in [2.24, 2.45) is 0 Å². The molecule has 1 saturated carbocycles. The van der Waals surface area contributed by atoms with E-state index in [1.807, 2.05) is 6.20 Å². The Balaban J connectivity index is 0.925. The summed E-state index contributed by atoms with van der Waals surface area (Å²) in [5.74, 6) is 1.21. The minimum Gasteiger partial charge on any atom is -0.455 e. The molecular formula is C51H34N2O. The Bertz CT molecular complexity index is 3120.